The van der Waals surface area contributed by atoms with E-state index < -0.39 is 0 Å². The fourth-order valence-electron chi connectivity index (χ4n) is 2.16. The Morgan fingerprint density at radius 2 is 2.05 bits per heavy atom. The molecule has 0 saturated heterocycles. The van der Waals surface area contributed by atoms with Crippen LogP contribution in [0.25, 0.3) is 0 Å². The minimum absolute atomic E-state index is 0.471. The third-order valence-electron chi connectivity index (χ3n) is 3.78. The third kappa shape index (κ3) is 3.90. The van der Waals surface area contributed by atoms with Crippen molar-refractivity contribution in [3.63, 3.8) is 0 Å². The maximum absolute atomic E-state index is 4.40. The lowest BCUT2D eigenvalue weighted by molar-refractivity contribution is 0.471. The van der Waals surface area contributed by atoms with E-state index in [0.717, 1.165) is 31.0 Å². The fraction of sp³-hybridized carbons (Fsp3) is 0.500. The first kappa shape index (κ1) is 14.7. The molecule has 0 aliphatic heterocycles. The van der Waals surface area contributed by atoms with Crippen LogP contribution < -0.4 is 5.32 Å². The molecule has 4 heteroatoms. The standard InChI is InChI=1S/C16H24N4/c1-12-9-16(11-19-14(12)3)10-18-13(2)5-7-20-8-6-17-15(20)4/h6,8-9,11,13,18H,5,7,10H2,1-4H3/t13-/m1/s1. The van der Waals surface area contributed by atoms with E-state index in [1.165, 1.54) is 11.1 Å². The number of nitrogens with zero attached hydrogens (tertiary/aromatic N) is 3. The van der Waals surface area contributed by atoms with Gasteiger partial charge >= 0.3 is 0 Å². The maximum Gasteiger partial charge on any atom is 0.105 e. The molecule has 1 N–H and O–H groups in total. The molecule has 1 atom stereocenters. The molecule has 108 valence electrons. The lowest BCUT2D eigenvalue weighted by atomic mass is 10.1. The van der Waals surface area contributed by atoms with E-state index in [0.29, 0.717) is 6.04 Å². The number of aromatic nitrogens is 3. The smallest absolute Gasteiger partial charge is 0.105 e. The van der Waals surface area contributed by atoms with Crippen LogP contribution in [0.3, 0.4) is 0 Å². The molecule has 4 nitrogen and oxygen atoms in total. The zero-order chi connectivity index (χ0) is 14.5. The van der Waals surface area contributed by atoms with Crippen LogP contribution >= 0.6 is 0 Å². The quantitative estimate of drug-likeness (QED) is 0.879. The Hall–Kier alpha value is -1.68. The Balaban J connectivity index is 1.78. The number of rotatable bonds is 6. The van der Waals surface area contributed by atoms with Crippen molar-refractivity contribution in [1.29, 1.82) is 0 Å². The molecule has 0 aliphatic carbocycles. The average Bonchev–Trinajstić information content (AvgIpc) is 2.83. The van der Waals surface area contributed by atoms with Gasteiger partial charge in [-0.2, -0.15) is 0 Å². The SMILES string of the molecule is Cc1cc(CN[C@H](C)CCn2ccnc2C)cnc1C. The molecule has 0 aromatic carbocycles. The average molecular weight is 272 g/mol. The van der Waals surface area contributed by atoms with E-state index in [4.69, 9.17) is 0 Å². The number of pyridine rings is 1. The van der Waals surface area contributed by atoms with Crippen molar-refractivity contribution in [2.24, 2.45) is 0 Å². The molecule has 0 saturated carbocycles. The summed E-state index contributed by atoms with van der Waals surface area (Å²) in [5.74, 6) is 1.08. The van der Waals surface area contributed by atoms with Crippen LogP contribution in [-0.4, -0.2) is 20.6 Å². The first-order valence-electron chi connectivity index (χ1n) is 7.19. The van der Waals surface area contributed by atoms with Gasteiger partial charge in [0, 0.05) is 43.4 Å². The van der Waals surface area contributed by atoms with Crippen LogP contribution in [0.2, 0.25) is 0 Å². The summed E-state index contributed by atoms with van der Waals surface area (Å²) in [7, 11) is 0. The van der Waals surface area contributed by atoms with Crippen molar-refractivity contribution in [2.45, 2.75) is 53.2 Å². The first-order chi connectivity index (χ1) is 9.56. The van der Waals surface area contributed by atoms with Gasteiger partial charge in [-0.05, 0) is 45.2 Å². The number of aryl methyl sites for hydroxylation is 4. The molecule has 2 rings (SSSR count). The molecular weight excluding hydrogens is 248 g/mol. The van der Waals surface area contributed by atoms with Gasteiger partial charge in [0.15, 0.2) is 0 Å². The summed E-state index contributed by atoms with van der Waals surface area (Å²) < 4.78 is 2.19. The Morgan fingerprint density at radius 1 is 1.25 bits per heavy atom. The van der Waals surface area contributed by atoms with Gasteiger partial charge in [0.25, 0.3) is 0 Å². The molecule has 2 aromatic heterocycles. The predicted molar refractivity (Wildman–Crippen MR) is 81.6 cm³/mol. The number of hydrogen-bond acceptors (Lipinski definition) is 3. The zero-order valence-corrected chi connectivity index (χ0v) is 12.8. The molecule has 0 bridgehead atoms. The van der Waals surface area contributed by atoms with E-state index in [-0.39, 0.29) is 0 Å². The maximum atomic E-state index is 4.40. The molecule has 2 heterocycles. The monoisotopic (exact) mass is 272 g/mol. The Kier molecular flexibility index (Phi) is 4.90. The highest BCUT2D eigenvalue weighted by atomic mass is 15.1. The van der Waals surface area contributed by atoms with Gasteiger partial charge in [-0.15, -0.1) is 0 Å². The Bertz CT molecular complexity index is 559. The van der Waals surface area contributed by atoms with E-state index >= 15 is 0 Å². The predicted octanol–water partition coefficient (Wildman–Crippen LogP) is 2.77. The topological polar surface area (TPSA) is 42.7 Å². The van der Waals surface area contributed by atoms with Crippen molar-refractivity contribution < 1.29 is 0 Å². The normalized spacial score (nSPS) is 12.6. The van der Waals surface area contributed by atoms with Crippen LogP contribution in [-0.2, 0) is 13.1 Å². The largest absolute Gasteiger partial charge is 0.335 e. The highest BCUT2D eigenvalue weighted by molar-refractivity contribution is 5.22. The molecule has 0 aliphatic rings. The molecule has 20 heavy (non-hydrogen) atoms. The number of hydrogen-bond donors (Lipinski definition) is 1. The second-order valence-electron chi connectivity index (χ2n) is 5.48. The van der Waals surface area contributed by atoms with E-state index in [2.05, 4.69) is 39.8 Å². The molecular formula is C16H24N4. The molecule has 2 aromatic rings. The summed E-state index contributed by atoms with van der Waals surface area (Å²) in [6.07, 6.45) is 6.95. The van der Waals surface area contributed by atoms with Gasteiger partial charge in [0.1, 0.15) is 5.82 Å². The Labute approximate surface area is 121 Å². The summed E-state index contributed by atoms with van der Waals surface area (Å²) in [6.45, 7) is 10.3. The van der Waals surface area contributed by atoms with Crippen molar-refractivity contribution in [3.8, 4) is 0 Å². The first-order valence-corrected chi connectivity index (χ1v) is 7.19. The summed E-state index contributed by atoms with van der Waals surface area (Å²) in [6, 6.07) is 2.68. The van der Waals surface area contributed by atoms with E-state index in [1.807, 2.05) is 32.4 Å². The van der Waals surface area contributed by atoms with Gasteiger partial charge in [-0.25, -0.2) is 4.98 Å². The zero-order valence-electron chi connectivity index (χ0n) is 12.8. The molecule has 0 spiro atoms. The minimum atomic E-state index is 0.471. The fourth-order valence-corrected chi connectivity index (χ4v) is 2.16. The van der Waals surface area contributed by atoms with Crippen molar-refractivity contribution >= 4 is 0 Å². The van der Waals surface area contributed by atoms with Crippen LogP contribution in [0, 0.1) is 20.8 Å². The summed E-state index contributed by atoms with van der Waals surface area (Å²) in [4.78, 5) is 8.64. The molecule has 0 amide bonds. The summed E-state index contributed by atoms with van der Waals surface area (Å²) >= 11 is 0. The van der Waals surface area contributed by atoms with Crippen molar-refractivity contribution in [1.82, 2.24) is 19.9 Å². The van der Waals surface area contributed by atoms with Crippen molar-refractivity contribution in [2.75, 3.05) is 0 Å². The van der Waals surface area contributed by atoms with Gasteiger partial charge in [-0.1, -0.05) is 6.07 Å². The summed E-state index contributed by atoms with van der Waals surface area (Å²) in [5, 5.41) is 3.55. The Morgan fingerprint density at radius 3 is 2.70 bits per heavy atom. The highest BCUT2D eigenvalue weighted by Gasteiger charge is 2.04. The van der Waals surface area contributed by atoms with Gasteiger partial charge in [-0.3, -0.25) is 4.98 Å². The van der Waals surface area contributed by atoms with Crippen molar-refractivity contribution in [3.05, 3.63) is 47.3 Å². The number of imidazole rings is 1. The van der Waals surface area contributed by atoms with E-state index in [9.17, 15) is 0 Å². The molecule has 0 radical (unpaired) electrons. The van der Waals surface area contributed by atoms with Gasteiger partial charge < -0.3 is 9.88 Å². The highest BCUT2D eigenvalue weighted by Crippen LogP contribution is 2.07. The van der Waals surface area contributed by atoms with Crippen LogP contribution in [0.5, 0.6) is 0 Å². The van der Waals surface area contributed by atoms with Gasteiger partial charge in [0.05, 0.1) is 0 Å². The van der Waals surface area contributed by atoms with Crippen LogP contribution in [0.1, 0.15) is 36.0 Å². The lowest BCUT2D eigenvalue weighted by Crippen LogP contribution is -2.27. The second-order valence-corrected chi connectivity index (χ2v) is 5.48. The van der Waals surface area contributed by atoms with E-state index in [1.54, 1.807) is 0 Å². The third-order valence-corrected chi connectivity index (χ3v) is 3.78. The van der Waals surface area contributed by atoms with Gasteiger partial charge in [0.2, 0.25) is 0 Å². The molecule has 0 unspecified atom stereocenters. The minimum Gasteiger partial charge on any atom is -0.335 e. The molecule has 0 fully saturated rings. The number of nitrogens with one attached hydrogen (secondary N) is 1. The van der Waals surface area contributed by atoms with Crippen LogP contribution in [0.15, 0.2) is 24.7 Å². The summed E-state index contributed by atoms with van der Waals surface area (Å²) in [5.41, 5.74) is 3.61. The van der Waals surface area contributed by atoms with Crippen LogP contribution in [0.4, 0.5) is 0 Å². The lowest BCUT2D eigenvalue weighted by Gasteiger charge is -2.15. The second kappa shape index (κ2) is 6.66.